The quantitative estimate of drug-likeness (QED) is 0.337. The number of carboxylic acids is 1. The van der Waals surface area contributed by atoms with Crippen LogP contribution in [0.15, 0.2) is 0 Å². The van der Waals surface area contributed by atoms with Crippen molar-refractivity contribution in [2.24, 2.45) is 0 Å². The van der Waals surface area contributed by atoms with Gasteiger partial charge in [0.2, 0.25) is 0 Å². The summed E-state index contributed by atoms with van der Waals surface area (Å²) in [6, 6.07) is 0. The zero-order chi connectivity index (χ0) is 7.44. The van der Waals surface area contributed by atoms with Crippen LogP contribution in [0.1, 0.15) is 6.42 Å². The van der Waals surface area contributed by atoms with Gasteiger partial charge >= 0.3 is 60.1 Å². The molecule has 0 aliphatic rings. The Morgan fingerprint density at radius 1 is 1.55 bits per heavy atom. The van der Waals surface area contributed by atoms with E-state index in [2.05, 4.69) is 12.6 Å². The molecule has 0 bridgehead atoms. The van der Waals surface area contributed by atoms with Crippen LogP contribution in [0.4, 0.5) is 0 Å². The Balaban J connectivity index is -0.000000320. The molecule has 0 amide bonds. The largest absolute Gasteiger partial charge is 2.00 e. The van der Waals surface area contributed by atoms with Crippen molar-refractivity contribution in [3.63, 3.8) is 0 Å². The minimum atomic E-state index is -1.52. The van der Waals surface area contributed by atoms with Crippen LogP contribution in [0, 0.1) is 6.10 Å². The van der Waals surface area contributed by atoms with E-state index in [0.717, 1.165) is 0 Å². The predicted octanol–water partition coefficient (Wildman–Crippen LogP) is -2.28. The van der Waals surface area contributed by atoms with Crippen LogP contribution in [0.25, 0.3) is 0 Å². The molecule has 0 aromatic carbocycles. The minimum Gasteiger partial charge on any atom is -0.772 e. The molecule has 0 atom stereocenters. The van der Waals surface area contributed by atoms with Crippen molar-refractivity contribution < 1.29 is 42.2 Å². The Bertz CT molecular complexity index is 142. The van der Waals surface area contributed by atoms with E-state index in [-0.39, 0.29) is 60.1 Å². The summed E-state index contributed by atoms with van der Waals surface area (Å²) in [5.41, 5.74) is 0. The van der Waals surface area contributed by atoms with Crippen molar-refractivity contribution in [2.75, 3.05) is 0 Å². The molecule has 0 aliphatic carbocycles. The maximum Gasteiger partial charge on any atom is 2.00 e. The van der Waals surface area contributed by atoms with E-state index in [9.17, 15) is 14.7 Å². The van der Waals surface area contributed by atoms with Crippen molar-refractivity contribution in [2.45, 2.75) is 6.42 Å². The number of rotatable bonds is 3. The van der Waals surface area contributed by atoms with Gasteiger partial charge in [-0.2, -0.15) is 0 Å². The van der Waals surface area contributed by atoms with Crippen molar-refractivity contribution >= 4 is 61.5 Å². The van der Waals surface area contributed by atoms with Gasteiger partial charge in [0, 0.05) is 5.97 Å². The summed E-state index contributed by atoms with van der Waals surface area (Å²) in [5, 5.41) is 16.9. The van der Waals surface area contributed by atoms with Gasteiger partial charge in [-0.3, -0.25) is 0 Å². The molecule has 0 aliphatic heterocycles. The van der Waals surface area contributed by atoms with E-state index in [1.54, 1.807) is 0 Å². The molecule has 0 unspecified atom stereocenters. The third-order valence-electron chi connectivity index (χ3n) is 0.547. The van der Waals surface area contributed by atoms with E-state index in [1.165, 1.54) is 0 Å². The van der Waals surface area contributed by atoms with Crippen LogP contribution >= 0.6 is 0 Å². The van der Waals surface area contributed by atoms with Gasteiger partial charge in [-0.05, 0) is 0 Å². The zero-order valence-electron chi connectivity index (χ0n) is 5.30. The molecule has 7 heteroatoms. The standard InChI is InChI=1S/C4H5O4S.Au.Ca/c5-2(4(8)9)1-3(6)7;;/h5H,1H2,(H,6,7)(H,8,9);;/q-1;+1;+2/p-2. The molecule has 62 valence electrons. The molecule has 0 fully saturated rings. The fourth-order valence-electron chi connectivity index (χ4n) is 0.209. The predicted molar refractivity (Wildman–Crippen MR) is 32.9 cm³/mol. The van der Waals surface area contributed by atoms with Gasteiger partial charge < -0.3 is 32.4 Å². The number of aliphatic carboxylic acids is 1. The molecule has 0 heterocycles. The third kappa shape index (κ3) is 11.2. The van der Waals surface area contributed by atoms with Gasteiger partial charge in [-0.25, -0.2) is 6.10 Å². The van der Waals surface area contributed by atoms with Crippen molar-refractivity contribution in [3.8, 4) is 0 Å². The van der Waals surface area contributed by atoms with Gasteiger partial charge in [-0.1, -0.05) is 6.42 Å². The summed E-state index contributed by atoms with van der Waals surface area (Å²) in [6.45, 7) is 0. The summed E-state index contributed by atoms with van der Waals surface area (Å²) < 4.78 is 0. The van der Waals surface area contributed by atoms with Crippen molar-refractivity contribution in [1.82, 2.24) is 0 Å². The number of carbonyl (C=O) groups excluding carboxylic acids is 2. The van der Waals surface area contributed by atoms with Crippen LogP contribution in [-0.2, 0) is 44.6 Å². The van der Waals surface area contributed by atoms with Crippen LogP contribution in [0.2, 0.25) is 0 Å². The summed E-state index contributed by atoms with van der Waals surface area (Å²) in [7, 11) is 0. The number of hydrogen-bond donors (Lipinski definition) is 1. The molecule has 0 spiro atoms. The number of carbonyl (C=O) groups is 2. The second-order valence-corrected chi connectivity index (χ2v) is 1.65. The number of aliphatic hydroxyl groups excluding tert-OH is 1. The number of hydrogen-bond acceptors (Lipinski definition) is 5. The fourth-order valence-corrected chi connectivity index (χ4v) is 0.281. The van der Waals surface area contributed by atoms with E-state index in [0.29, 0.717) is 0 Å². The van der Waals surface area contributed by atoms with E-state index >= 15 is 0 Å². The Morgan fingerprint density at radius 2 is 1.91 bits per heavy atom. The van der Waals surface area contributed by atoms with Crippen molar-refractivity contribution in [1.29, 1.82) is 0 Å². The summed E-state index contributed by atoms with van der Waals surface area (Å²) in [5.74, 6) is -1.52. The molecule has 4 nitrogen and oxygen atoms in total. The van der Waals surface area contributed by atoms with Gasteiger partial charge in [0.15, 0.2) is 0 Å². The molecule has 0 saturated carbocycles. The average Bonchev–Trinajstić information content (AvgIpc) is 1.63. The maximum atomic E-state index is 9.92. The van der Waals surface area contributed by atoms with Gasteiger partial charge in [0.1, 0.15) is 0 Å². The SMILES string of the molecule is O=C([O-])C[C-](O)C(=O)[S-].[Au+].[Ca+2]. The first kappa shape index (κ1) is 18.1. The van der Waals surface area contributed by atoms with E-state index in [4.69, 9.17) is 5.11 Å². The van der Waals surface area contributed by atoms with Crippen LogP contribution in [0.5, 0.6) is 0 Å². The first-order valence-electron chi connectivity index (χ1n) is 2.00. The first-order valence-corrected chi connectivity index (χ1v) is 2.41. The van der Waals surface area contributed by atoms with E-state index < -0.39 is 23.6 Å². The zero-order valence-corrected chi connectivity index (χ0v) is 10.5. The number of carboxylic acid groups (broad SMARTS) is 1. The third-order valence-corrected chi connectivity index (χ3v) is 0.783. The summed E-state index contributed by atoms with van der Waals surface area (Å²) >= 11 is 3.90. The molecule has 1 N–H and O–H groups in total. The minimum absolute atomic E-state index is 0. The second kappa shape index (κ2) is 9.28. The normalized spacial score (nSPS) is 7.00. The Labute approximate surface area is 115 Å². The fraction of sp³-hybridized carbons (Fsp3) is 0.250. The van der Waals surface area contributed by atoms with Crippen LogP contribution in [-0.4, -0.2) is 53.9 Å². The molecular weight excluding hydrogens is 381 g/mol. The Morgan fingerprint density at radius 3 is 2.00 bits per heavy atom. The molecular formula is C4H3AuCaO4S. The topological polar surface area (TPSA) is 77.4 Å². The average molecular weight is 384 g/mol. The molecule has 0 rings (SSSR count). The van der Waals surface area contributed by atoms with Crippen molar-refractivity contribution in [3.05, 3.63) is 6.10 Å². The maximum absolute atomic E-state index is 9.92. The van der Waals surface area contributed by atoms with Crippen LogP contribution in [0.3, 0.4) is 0 Å². The first-order chi connectivity index (χ1) is 4.04. The van der Waals surface area contributed by atoms with Gasteiger partial charge in [0.25, 0.3) is 0 Å². The van der Waals surface area contributed by atoms with E-state index in [1.807, 2.05) is 0 Å². The molecule has 0 saturated heterocycles. The number of aliphatic hydroxyl groups is 1. The molecule has 0 aromatic rings. The summed E-state index contributed by atoms with van der Waals surface area (Å²) in [6.07, 6.45) is -1.66. The second-order valence-electron chi connectivity index (χ2n) is 1.28. The van der Waals surface area contributed by atoms with Crippen LogP contribution < -0.4 is 5.11 Å². The Hall–Kier alpha value is 1.19. The monoisotopic (exact) mass is 384 g/mol. The van der Waals surface area contributed by atoms with Gasteiger partial charge in [0.05, 0.1) is 0 Å². The van der Waals surface area contributed by atoms with Gasteiger partial charge in [-0.15, -0.1) is 5.12 Å². The molecule has 0 aromatic heterocycles. The smallest absolute Gasteiger partial charge is 0.772 e. The molecule has 11 heavy (non-hydrogen) atoms. The summed E-state index contributed by atoms with van der Waals surface area (Å²) in [4.78, 5) is 19.5. The Kier molecular flexibility index (Phi) is 15.2. The molecule has 0 radical (unpaired) electrons.